The van der Waals surface area contributed by atoms with Crippen LogP contribution < -0.4 is 0 Å². The summed E-state index contributed by atoms with van der Waals surface area (Å²) in [5.41, 5.74) is 3.23. The molecule has 3 heterocycles. The van der Waals surface area contributed by atoms with Gasteiger partial charge in [-0.25, -0.2) is 17.4 Å². The fourth-order valence-corrected chi connectivity index (χ4v) is 5.29. The maximum Gasteiger partial charge on any atom is 0.269 e. The highest BCUT2D eigenvalue weighted by molar-refractivity contribution is 7.90. The van der Waals surface area contributed by atoms with Crippen LogP contribution in [0.4, 0.5) is 0 Å². The van der Waals surface area contributed by atoms with Gasteiger partial charge in [0.05, 0.1) is 11.1 Å². The fraction of sp³-hybridized carbons (Fsp3) is 0.429. The number of hydrogen-bond acceptors (Lipinski definition) is 4. The van der Waals surface area contributed by atoms with E-state index in [0.29, 0.717) is 11.6 Å². The molecule has 4 aromatic rings. The minimum atomic E-state index is -3.79. The molecule has 1 aromatic carbocycles. The molecule has 188 valence electrons. The lowest BCUT2D eigenvalue weighted by Gasteiger charge is -2.36. The highest BCUT2D eigenvalue weighted by atomic mass is 32.2. The molecular weight excluding hydrogens is 456 g/mol. The first-order chi connectivity index (χ1) is 16.4. The standard InChI is InChI=1S/C25H30N4O2S.C3H8/c1-17(2)25(4,5)18(3)19-12-22-23(20-14-27-28(6)15-20)16-29(24(22)26-13-19)32(30,31)21-10-8-7-9-11-21;1-3-2/h7-18H,1-6H3;3H2,1-2H3. The Hall–Kier alpha value is -2.93. The summed E-state index contributed by atoms with van der Waals surface area (Å²) in [6.07, 6.45) is 8.38. The zero-order valence-electron chi connectivity index (χ0n) is 22.1. The monoisotopic (exact) mass is 494 g/mol. The van der Waals surface area contributed by atoms with E-state index in [1.807, 2.05) is 19.4 Å². The molecule has 0 aliphatic carbocycles. The minimum Gasteiger partial charge on any atom is -0.275 e. The van der Waals surface area contributed by atoms with Crippen LogP contribution in [0.5, 0.6) is 0 Å². The van der Waals surface area contributed by atoms with E-state index in [0.717, 1.165) is 22.1 Å². The summed E-state index contributed by atoms with van der Waals surface area (Å²) in [4.78, 5) is 4.91. The highest BCUT2D eigenvalue weighted by Gasteiger charge is 2.31. The Morgan fingerprint density at radius 2 is 1.63 bits per heavy atom. The average molecular weight is 495 g/mol. The number of nitrogens with zero attached hydrogens (tertiary/aromatic N) is 4. The largest absolute Gasteiger partial charge is 0.275 e. The molecule has 7 heteroatoms. The van der Waals surface area contributed by atoms with Crippen LogP contribution in [0.15, 0.2) is 66.1 Å². The second-order valence-electron chi connectivity index (χ2n) is 10.1. The van der Waals surface area contributed by atoms with Gasteiger partial charge in [-0.1, -0.05) is 73.1 Å². The van der Waals surface area contributed by atoms with E-state index in [2.05, 4.69) is 64.6 Å². The van der Waals surface area contributed by atoms with Gasteiger partial charge >= 0.3 is 0 Å². The summed E-state index contributed by atoms with van der Waals surface area (Å²) in [6.45, 7) is 15.4. The van der Waals surface area contributed by atoms with Gasteiger partial charge in [0.25, 0.3) is 10.0 Å². The normalized spacial score (nSPS) is 13.1. The highest BCUT2D eigenvalue weighted by Crippen LogP contribution is 2.42. The first-order valence-electron chi connectivity index (χ1n) is 12.3. The molecule has 3 aromatic heterocycles. The van der Waals surface area contributed by atoms with Crippen molar-refractivity contribution in [2.75, 3.05) is 0 Å². The SMILES string of the molecule is CC(C)C(C)(C)C(C)c1cnc2c(c1)c(-c1cnn(C)c1)cn2S(=O)(=O)c1ccccc1.CCC. The van der Waals surface area contributed by atoms with E-state index in [1.165, 1.54) is 10.4 Å². The third-order valence-corrected chi connectivity index (χ3v) is 8.72. The van der Waals surface area contributed by atoms with Crippen molar-refractivity contribution < 1.29 is 8.42 Å². The second-order valence-corrected chi connectivity index (χ2v) is 11.9. The van der Waals surface area contributed by atoms with Crippen molar-refractivity contribution in [2.45, 2.75) is 65.7 Å². The molecule has 0 amide bonds. The Kier molecular flexibility index (Phi) is 7.90. The molecule has 0 saturated heterocycles. The van der Waals surface area contributed by atoms with E-state index < -0.39 is 10.0 Å². The number of rotatable bonds is 6. The van der Waals surface area contributed by atoms with Gasteiger partial charge in [-0.05, 0) is 41.0 Å². The van der Waals surface area contributed by atoms with Gasteiger partial charge in [-0.2, -0.15) is 5.10 Å². The Labute approximate surface area is 210 Å². The van der Waals surface area contributed by atoms with Crippen molar-refractivity contribution in [3.8, 4) is 11.1 Å². The molecule has 1 unspecified atom stereocenters. The zero-order chi connectivity index (χ0) is 26.0. The smallest absolute Gasteiger partial charge is 0.269 e. The number of fused-ring (bicyclic) bond motifs is 1. The van der Waals surface area contributed by atoms with Crippen molar-refractivity contribution in [3.05, 3.63) is 66.7 Å². The summed E-state index contributed by atoms with van der Waals surface area (Å²) < 4.78 is 29.9. The maximum atomic E-state index is 13.5. The summed E-state index contributed by atoms with van der Waals surface area (Å²) in [5, 5.41) is 5.09. The Balaban J connectivity index is 0.00000108. The third-order valence-electron chi connectivity index (χ3n) is 7.05. The summed E-state index contributed by atoms with van der Waals surface area (Å²) in [6, 6.07) is 10.6. The van der Waals surface area contributed by atoms with E-state index in [1.54, 1.807) is 47.4 Å². The van der Waals surface area contributed by atoms with Gasteiger partial charge < -0.3 is 0 Å². The predicted molar refractivity (Wildman–Crippen MR) is 144 cm³/mol. The molecule has 4 rings (SSSR count). The van der Waals surface area contributed by atoms with E-state index in [-0.39, 0.29) is 16.2 Å². The molecule has 0 fully saturated rings. The second kappa shape index (κ2) is 10.4. The van der Waals surface area contributed by atoms with Gasteiger partial charge in [0.2, 0.25) is 0 Å². The summed E-state index contributed by atoms with van der Waals surface area (Å²) >= 11 is 0. The lowest BCUT2D eigenvalue weighted by molar-refractivity contribution is 0.203. The van der Waals surface area contributed by atoms with Crippen LogP contribution in [0.25, 0.3) is 22.2 Å². The molecule has 0 N–H and O–H groups in total. The van der Waals surface area contributed by atoms with Crippen molar-refractivity contribution >= 4 is 21.1 Å². The number of pyridine rings is 1. The summed E-state index contributed by atoms with van der Waals surface area (Å²) in [5.74, 6) is 0.726. The molecule has 0 saturated carbocycles. The Bertz CT molecular complexity index is 1380. The van der Waals surface area contributed by atoms with Crippen molar-refractivity contribution in [1.29, 1.82) is 0 Å². The molecule has 0 bridgehead atoms. The van der Waals surface area contributed by atoms with Gasteiger partial charge in [0.15, 0.2) is 5.65 Å². The quantitative estimate of drug-likeness (QED) is 0.293. The van der Waals surface area contributed by atoms with Crippen LogP contribution in [0.3, 0.4) is 0 Å². The topological polar surface area (TPSA) is 69.8 Å². The maximum absolute atomic E-state index is 13.5. The lowest BCUT2D eigenvalue weighted by Crippen LogP contribution is -2.26. The van der Waals surface area contributed by atoms with Crippen molar-refractivity contribution in [2.24, 2.45) is 18.4 Å². The summed E-state index contributed by atoms with van der Waals surface area (Å²) in [7, 11) is -1.95. The Morgan fingerprint density at radius 3 is 2.17 bits per heavy atom. The lowest BCUT2D eigenvalue weighted by atomic mass is 9.69. The van der Waals surface area contributed by atoms with Crippen molar-refractivity contribution in [3.63, 3.8) is 0 Å². The van der Waals surface area contributed by atoms with Crippen LogP contribution in [-0.4, -0.2) is 27.2 Å². The van der Waals surface area contributed by atoms with Crippen LogP contribution in [0.2, 0.25) is 0 Å². The van der Waals surface area contributed by atoms with Gasteiger partial charge in [-0.3, -0.25) is 4.68 Å². The molecule has 1 atom stereocenters. The van der Waals surface area contributed by atoms with Gasteiger partial charge in [0, 0.05) is 42.2 Å². The molecule has 0 aliphatic heterocycles. The van der Waals surface area contributed by atoms with Crippen LogP contribution in [0, 0.1) is 11.3 Å². The number of hydrogen-bond donors (Lipinski definition) is 0. The van der Waals surface area contributed by atoms with E-state index in [9.17, 15) is 8.42 Å². The molecule has 35 heavy (non-hydrogen) atoms. The van der Waals surface area contributed by atoms with Crippen LogP contribution in [0.1, 0.15) is 66.4 Å². The molecule has 0 spiro atoms. The minimum absolute atomic E-state index is 0.0580. The molecule has 0 aliphatic rings. The van der Waals surface area contributed by atoms with Gasteiger partial charge in [0.1, 0.15) is 0 Å². The average Bonchev–Trinajstić information content (AvgIpc) is 3.42. The van der Waals surface area contributed by atoms with Gasteiger partial charge in [-0.15, -0.1) is 0 Å². The number of benzene rings is 1. The molecular formula is C28H38N4O2S. The predicted octanol–water partition coefficient (Wildman–Crippen LogP) is 6.88. The van der Waals surface area contributed by atoms with Crippen LogP contribution >= 0.6 is 0 Å². The zero-order valence-corrected chi connectivity index (χ0v) is 23.0. The Morgan fingerprint density at radius 1 is 1.00 bits per heavy atom. The molecule has 0 radical (unpaired) electrons. The first kappa shape index (κ1) is 26.7. The molecule has 6 nitrogen and oxygen atoms in total. The first-order valence-corrected chi connectivity index (χ1v) is 13.7. The number of aryl methyl sites for hydroxylation is 1. The third kappa shape index (κ3) is 5.20. The van der Waals surface area contributed by atoms with Crippen LogP contribution in [-0.2, 0) is 17.1 Å². The fourth-order valence-electron chi connectivity index (χ4n) is 3.94. The van der Waals surface area contributed by atoms with E-state index >= 15 is 0 Å². The van der Waals surface area contributed by atoms with E-state index in [4.69, 9.17) is 0 Å². The van der Waals surface area contributed by atoms with Crippen molar-refractivity contribution in [1.82, 2.24) is 18.7 Å². The number of aromatic nitrogens is 4.